The lowest BCUT2D eigenvalue weighted by Crippen LogP contribution is -2.39. The Morgan fingerprint density at radius 1 is 1.55 bits per heavy atom. The number of β-amino-alcohol motifs (C(OH)–C–C–N with tert-alkyl or cyclic N) is 1. The second kappa shape index (κ2) is 4.70. The van der Waals surface area contributed by atoms with Crippen LogP contribution in [0.2, 0.25) is 0 Å². The molecule has 0 amide bonds. The number of aliphatic hydroxyl groups is 1. The molecule has 0 aromatic heterocycles. The number of piperidine rings is 1. The molecule has 0 unspecified atom stereocenters. The lowest BCUT2D eigenvalue weighted by molar-refractivity contribution is 0.142. The van der Waals surface area contributed by atoms with Crippen LogP contribution in [-0.4, -0.2) is 42.8 Å². The third kappa shape index (κ3) is 2.77. The number of hydrogen-bond acceptors (Lipinski definition) is 3. The first-order valence-corrected chi connectivity index (χ1v) is 4.40. The smallest absolute Gasteiger partial charge is 0.0558 e. The van der Waals surface area contributed by atoms with Crippen molar-refractivity contribution < 1.29 is 5.11 Å². The van der Waals surface area contributed by atoms with Crippen LogP contribution in [0.5, 0.6) is 0 Å². The molecule has 0 saturated carbocycles. The summed E-state index contributed by atoms with van der Waals surface area (Å²) in [7, 11) is 0. The Balaban J connectivity index is 2.21. The third-order valence-electron chi connectivity index (χ3n) is 2.35. The summed E-state index contributed by atoms with van der Waals surface area (Å²) >= 11 is 0. The fourth-order valence-corrected chi connectivity index (χ4v) is 1.69. The molecule has 0 radical (unpaired) electrons. The standard InChI is InChI=1S/C8H18N2O/c9-6-8-2-1-3-10(7-8)4-5-11/h8,11H,1-7,9H2/t8-/m1/s1. The molecule has 1 heterocycles. The SMILES string of the molecule is NC[C@H]1CCCN(CCO)C1. The lowest BCUT2D eigenvalue weighted by Gasteiger charge is -2.31. The molecule has 0 spiro atoms. The van der Waals surface area contributed by atoms with Gasteiger partial charge in [0.15, 0.2) is 0 Å². The number of hydrogen-bond donors (Lipinski definition) is 2. The van der Waals surface area contributed by atoms with Crippen LogP contribution in [0.4, 0.5) is 0 Å². The van der Waals surface area contributed by atoms with Crippen molar-refractivity contribution in [1.82, 2.24) is 4.90 Å². The molecule has 1 aliphatic rings. The van der Waals surface area contributed by atoms with E-state index >= 15 is 0 Å². The van der Waals surface area contributed by atoms with Gasteiger partial charge >= 0.3 is 0 Å². The summed E-state index contributed by atoms with van der Waals surface area (Å²) in [6.45, 7) is 4.10. The second-order valence-corrected chi connectivity index (χ2v) is 3.27. The highest BCUT2D eigenvalue weighted by Gasteiger charge is 2.17. The molecule has 3 N–H and O–H groups in total. The van der Waals surface area contributed by atoms with Crippen molar-refractivity contribution in [3.05, 3.63) is 0 Å². The van der Waals surface area contributed by atoms with Crippen molar-refractivity contribution in [1.29, 1.82) is 0 Å². The van der Waals surface area contributed by atoms with Gasteiger partial charge in [-0.1, -0.05) is 0 Å². The van der Waals surface area contributed by atoms with Gasteiger partial charge in [0.2, 0.25) is 0 Å². The Morgan fingerprint density at radius 3 is 3.00 bits per heavy atom. The highest BCUT2D eigenvalue weighted by atomic mass is 16.3. The van der Waals surface area contributed by atoms with Crippen molar-refractivity contribution in [2.24, 2.45) is 11.7 Å². The minimum atomic E-state index is 0.275. The summed E-state index contributed by atoms with van der Waals surface area (Å²) in [5.74, 6) is 0.662. The van der Waals surface area contributed by atoms with Gasteiger partial charge in [0, 0.05) is 13.1 Å². The van der Waals surface area contributed by atoms with Crippen LogP contribution in [0, 0.1) is 5.92 Å². The fraction of sp³-hybridized carbons (Fsp3) is 1.00. The van der Waals surface area contributed by atoms with E-state index in [4.69, 9.17) is 10.8 Å². The molecule has 0 aromatic rings. The summed E-state index contributed by atoms with van der Waals surface area (Å²) in [6.07, 6.45) is 2.50. The van der Waals surface area contributed by atoms with Gasteiger partial charge < -0.3 is 15.7 Å². The van der Waals surface area contributed by atoms with Crippen LogP contribution in [0.25, 0.3) is 0 Å². The molecule has 3 nitrogen and oxygen atoms in total. The highest BCUT2D eigenvalue weighted by Crippen LogP contribution is 2.14. The van der Waals surface area contributed by atoms with Gasteiger partial charge in [-0.3, -0.25) is 0 Å². The van der Waals surface area contributed by atoms with E-state index in [1.807, 2.05) is 0 Å². The molecule has 1 saturated heterocycles. The number of aliphatic hydroxyl groups excluding tert-OH is 1. The molecule has 1 rings (SSSR count). The Bertz CT molecular complexity index is 106. The molecule has 3 heteroatoms. The van der Waals surface area contributed by atoms with Crippen LogP contribution in [0.15, 0.2) is 0 Å². The predicted molar refractivity (Wildman–Crippen MR) is 45.3 cm³/mol. The van der Waals surface area contributed by atoms with Gasteiger partial charge in [0.05, 0.1) is 6.61 Å². The van der Waals surface area contributed by atoms with E-state index in [1.54, 1.807) is 0 Å². The summed E-state index contributed by atoms with van der Waals surface area (Å²) in [4.78, 5) is 2.29. The number of nitrogens with two attached hydrogens (primary N) is 1. The first kappa shape index (κ1) is 8.97. The van der Waals surface area contributed by atoms with Gasteiger partial charge in [-0.15, -0.1) is 0 Å². The average molecular weight is 158 g/mol. The van der Waals surface area contributed by atoms with E-state index in [9.17, 15) is 0 Å². The second-order valence-electron chi connectivity index (χ2n) is 3.27. The van der Waals surface area contributed by atoms with Gasteiger partial charge in [-0.05, 0) is 31.8 Å². The Morgan fingerprint density at radius 2 is 2.36 bits per heavy atom. The van der Waals surface area contributed by atoms with Crippen LogP contribution in [-0.2, 0) is 0 Å². The van der Waals surface area contributed by atoms with Crippen molar-refractivity contribution >= 4 is 0 Å². The summed E-state index contributed by atoms with van der Waals surface area (Å²) in [5.41, 5.74) is 5.57. The van der Waals surface area contributed by atoms with Gasteiger partial charge in [-0.2, -0.15) is 0 Å². The zero-order chi connectivity index (χ0) is 8.10. The minimum absolute atomic E-state index is 0.275. The molecular weight excluding hydrogens is 140 g/mol. The zero-order valence-corrected chi connectivity index (χ0v) is 7.00. The van der Waals surface area contributed by atoms with Crippen LogP contribution in [0.1, 0.15) is 12.8 Å². The fourth-order valence-electron chi connectivity index (χ4n) is 1.69. The molecule has 0 bridgehead atoms. The van der Waals surface area contributed by atoms with E-state index in [2.05, 4.69) is 4.90 Å². The molecule has 11 heavy (non-hydrogen) atoms. The molecule has 66 valence electrons. The Hall–Kier alpha value is -0.120. The highest BCUT2D eigenvalue weighted by molar-refractivity contribution is 4.72. The van der Waals surface area contributed by atoms with E-state index < -0.39 is 0 Å². The lowest BCUT2D eigenvalue weighted by atomic mass is 9.98. The molecular formula is C8H18N2O. The van der Waals surface area contributed by atoms with E-state index in [1.165, 1.54) is 12.8 Å². The zero-order valence-electron chi connectivity index (χ0n) is 7.00. The molecule has 0 aliphatic carbocycles. The van der Waals surface area contributed by atoms with Crippen molar-refractivity contribution in [3.8, 4) is 0 Å². The largest absolute Gasteiger partial charge is 0.395 e. The predicted octanol–water partition coefficient (Wildman–Crippen LogP) is -0.351. The van der Waals surface area contributed by atoms with Gasteiger partial charge in [0.25, 0.3) is 0 Å². The first-order chi connectivity index (χ1) is 5.36. The van der Waals surface area contributed by atoms with Crippen LogP contribution < -0.4 is 5.73 Å². The monoisotopic (exact) mass is 158 g/mol. The van der Waals surface area contributed by atoms with Gasteiger partial charge in [0.1, 0.15) is 0 Å². The van der Waals surface area contributed by atoms with Crippen LogP contribution >= 0.6 is 0 Å². The van der Waals surface area contributed by atoms with E-state index in [-0.39, 0.29) is 6.61 Å². The Kier molecular flexibility index (Phi) is 3.83. The quantitative estimate of drug-likeness (QED) is 0.590. The topological polar surface area (TPSA) is 49.5 Å². The normalized spacial score (nSPS) is 27.3. The van der Waals surface area contributed by atoms with Gasteiger partial charge in [-0.25, -0.2) is 0 Å². The molecule has 1 fully saturated rings. The maximum atomic E-state index is 8.70. The number of rotatable bonds is 3. The number of nitrogens with zero attached hydrogens (tertiary/aromatic N) is 1. The van der Waals surface area contributed by atoms with E-state index in [0.717, 1.165) is 26.2 Å². The Labute approximate surface area is 68.2 Å². The molecule has 1 atom stereocenters. The maximum Gasteiger partial charge on any atom is 0.0558 e. The molecule has 0 aromatic carbocycles. The van der Waals surface area contributed by atoms with Crippen molar-refractivity contribution in [3.63, 3.8) is 0 Å². The summed E-state index contributed by atoms with van der Waals surface area (Å²) in [5, 5.41) is 8.70. The van der Waals surface area contributed by atoms with E-state index in [0.29, 0.717) is 5.92 Å². The summed E-state index contributed by atoms with van der Waals surface area (Å²) < 4.78 is 0. The summed E-state index contributed by atoms with van der Waals surface area (Å²) in [6, 6.07) is 0. The molecule has 1 aliphatic heterocycles. The van der Waals surface area contributed by atoms with Crippen molar-refractivity contribution in [2.45, 2.75) is 12.8 Å². The first-order valence-electron chi connectivity index (χ1n) is 4.40. The minimum Gasteiger partial charge on any atom is -0.395 e. The third-order valence-corrected chi connectivity index (χ3v) is 2.35. The van der Waals surface area contributed by atoms with Crippen molar-refractivity contribution in [2.75, 3.05) is 32.8 Å². The number of likely N-dealkylation sites (tertiary alicyclic amines) is 1. The van der Waals surface area contributed by atoms with Crippen LogP contribution in [0.3, 0.4) is 0 Å². The average Bonchev–Trinajstić information content (AvgIpc) is 2.06. The maximum absolute atomic E-state index is 8.70.